The number of carbonyl (C=O) groups is 1. The Morgan fingerprint density at radius 1 is 1.11 bits per heavy atom. The molecule has 0 spiro atoms. The van der Waals surface area contributed by atoms with Gasteiger partial charge in [-0.15, -0.1) is 0 Å². The van der Waals surface area contributed by atoms with Crippen LogP contribution in [0.1, 0.15) is 28.9 Å². The maximum atomic E-state index is 12.5. The van der Waals surface area contributed by atoms with Gasteiger partial charge in [0.2, 0.25) is 5.95 Å². The minimum absolute atomic E-state index is 0.0852. The van der Waals surface area contributed by atoms with E-state index in [1.807, 2.05) is 24.4 Å². The molecule has 8 N–H and O–H groups in total. The van der Waals surface area contributed by atoms with Crippen molar-refractivity contribution in [3.05, 3.63) is 54.1 Å². The van der Waals surface area contributed by atoms with Crippen molar-refractivity contribution in [2.75, 3.05) is 35.6 Å². The number of carbonyl (C=O) groups excluding carboxylic acids is 1. The number of nitrogens with two attached hydrogens (primary N) is 3. The number of aliphatic imine (C=N–C) groups is 1. The summed E-state index contributed by atoms with van der Waals surface area (Å²) in [7, 11) is 0. The summed E-state index contributed by atoms with van der Waals surface area (Å²) in [4.78, 5) is 39.4. The molecule has 4 heterocycles. The molecule has 1 aliphatic heterocycles. The van der Waals surface area contributed by atoms with Gasteiger partial charge in [-0.1, -0.05) is 18.2 Å². The number of benzene rings is 1. The molecule has 0 aliphatic carbocycles. The number of nitrogens with one attached hydrogen (secondary N) is 2. The molecule has 36 heavy (non-hydrogen) atoms. The minimum atomic E-state index is -0.777. The highest BCUT2D eigenvalue weighted by Gasteiger charge is 2.21. The smallest absolute Gasteiger partial charge is 0.302 e. The van der Waals surface area contributed by atoms with E-state index in [4.69, 9.17) is 17.2 Å². The Kier molecular flexibility index (Phi) is 6.31. The Hall–Kier alpha value is -4.74. The van der Waals surface area contributed by atoms with Gasteiger partial charge in [-0.25, -0.2) is 19.9 Å². The van der Waals surface area contributed by atoms with Crippen LogP contribution in [0.2, 0.25) is 0 Å². The molecule has 0 radical (unpaired) electrons. The van der Waals surface area contributed by atoms with Crippen LogP contribution in [-0.4, -0.2) is 56.4 Å². The van der Waals surface area contributed by atoms with E-state index in [9.17, 15) is 4.79 Å². The lowest BCUT2D eigenvalue weighted by molar-refractivity contribution is 0.0998. The Bertz CT molecular complexity index is 1420. The first-order valence-corrected chi connectivity index (χ1v) is 11.7. The molecule has 12 nitrogen and oxygen atoms in total. The lowest BCUT2D eigenvalue weighted by Gasteiger charge is -2.16. The Labute approximate surface area is 207 Å². The van der Waals surface area contributed by atoms with E-state index in [-0.39, 0.29) is 17.5 Å². The van der Waals surface area contributed by atoms with Crippen molar-refractivity contribution >= 4 is 40.4 Å². The maximum absolute atomic E-state index is 12.5. The summed E-state index contributed by atoms with van der Waals surface area (Å²) in [5, 5.41) is 4.46. The Morgan fingerprint density at radius 2 is 1.86 bits per heavy atom. The van der Waals surface area contributed by atoms with Gasteiger partial charge in [0.1, 0.15) is 5.69 Å². The number of aromatic amines is 1. The van der Waals surface area contributed by atoms with Crippen LogP contribution in [0, 0.1) is 0 Å². The lowest BCUT2D eigenvalue weighted by Crippen LogP contribution is -2.25. The lowest BCUT2D eigenvalue weighted by atomic mass is 10.1. The number of amides is 1. The molecule has 1 aromatic carbocycles. The minimum Gasteiger partial charge on any atom is -0.382 e. The van der Waals surface area contributed by atoms with Crippen molar-refractivity contribution in [1.82, 2.24) is 24.9 Å². The molecule has 1 fully saturated rings. The van der Waals surface area contributed by atoms with E-state index < -0.39 is 5.91 Å². The van der Waals surface area contributed by atoms with Crippen LogP contribution in [0.4, 0.5) is 17.6 Å². The number of rotatable bonds is 7. The maximum Gasteiger partial charge on any atom is 0.302 e. The predicted molar refractivity (Wildman–Crippen MR) is 140 cm³/mol. The van der Waals surface area contributed by atoms with Crippen LogP contribution >= 0.6 is 0 Å². The standard InChI is InChI=1S/C24H27N11O/c25-20-19(22(36)34-23(26)27)32-18(15-12-30-24(31-13-15)35-9-3-4-10-35)21(33-20)28-8-7-14-11-29-17-6-2-1-5-16(14)17/h1-2,5-6,11-13,29H,3-4,7-10H2,(H3,25,28,33)(H4,26,27,34,36). The van der Waals surface area contributed by atoms with Gasteiger partial charge in [-0.3, -0.25) is 4.79 Å². The normalized spacial score (nSPS) is 13.2. The van der Waals surface area contributed by atoms with Crippen molar-refractivity contribution in [2.45, 2.75) is 19.3 Å². The molecule has 184 valence electrons. The molecule has 0 atom stereocenters. The van der Waals surface area contributed by atoms with E-state index in [0.29, 0.717) is 29.6 Å². The first-order chi connectivity index (χ1) is 17.5. The molecule has 0 bridgehead atoms. The second-order valence-electron chi connectivity index (χ2n) is 8.50. The molecule has 5 rings (SSSR count). The highest BCUT2D eigenvalue weighted by atomic mass is 16.1. The van der Waals surface area contributed by atoms with Crippen molar-refractivity contribution in [3.63, 3.8) is 0 Å². The summed E-state index contributed by atoms with van der Waals surface area (Å²) < 4.78 is 0. The van der Waals surface area contributed by atoms with Gasteiger partial charge in [0.25, 0.3) is 0 Å². The number of nitrogen functional groups attached to an aromatic ring is 1. The second-order valence-corrected chi connectivity index (χ2v) is 8.50. The van der Waals surface area contributed by atoms with Gasteiger partial charge in [-0.2, -0.15) is 4.99 Å². The zero-order valence-electron chi connectivity index (χ0n) is 19.6. The van der Waals surface area contributed by atoms with E-state index >= 15 is 0 Å². The van der Waals surface area contributed by atoms with Gasteiger partial charge in [-0.05, 0) is 30.9 Å². The molecule has 0 unspecified atom stereocenters. The third kappa shape index (κ3) is 4.73. The van der Waals surface area contributed by atoms with Crippen molar-refractivity contribution < 1.29 is 4.79 Å². The molecule has 12 heteroatoms. The van der Waals surface area contributed by atoms with Crippen LogP contribution < -0.4 is 27.4 Å². The third-order valence-corrected chi connectivity index (χ3v) is 6.02. The zero-order valence-corrected chi connectivity index (χ0v) is 19.6. The number of hydrogen-bond donors (Lipinski definition) is 5. The van der Waals surface area contributed by atoms with Gasteiger partial charge in [0.15, 0.2) is 23.3 Å². The summed E-state index contributed by atoms with van der Waals surface area (Å²) in [6.07, 6.45) is 8.30. The number of guanidine groups is 1. The topological polar surface area (TPSA) is 190 Å². The first-order valence-electron chi connectivity index (χ1n) is 11.7. The van der Waals surface area contributed by atoms with Crippen LogP contribution in [0.15, 0.2) is 47.8 Å². The predicted octanol–water partition coefficient (Wildman–Crippen LogP) is 1.67. The van der Waals surface area contributed by atoms with E-state index in [1.54, 1.807) is 12.4 Å². The van der Waals surface area contributed by atoms with E-state index in [1.165, 1.54) is 5.56 Å². The molecule has 3 aromatic heterocycles. The Balaban J connectivity index is 1.44. The quantitative estimate of drug-likeness (QED) is 0.190. The second kappa shape index (κ2) is 9.86. The molecular formula is C24H27N11O. The zero-order chi connectivity index (χ0) is 25.1. The number of fused-ring (bicyclic) bond motifs is 1. The summed E-state index contributed by atoms with van der Waals surface area (Å²) in [6.45, 7) is 2.41. The molecule has 1 saturated heterocycles. The fraction of sp³-hybridized carbons (Fsp3) is 0.250. The summed E-state index contributed by atoms with van der Waals surface area (Å²) in [5.41, 5.74) is 19.9. The third-order valence-electron chi connectivity index (χ3n) is 6.02. The van der Waals surface area contributed by atoms with Gasteiger partial charge < -0.3 is 32.4 Å². The number of hydrogen-bond acceptors (Lipinski definition) is 8. The number of para-hydroxylation sites is 1. The number of anilines is 3. The molecule has 4 aromatic rings. The number of nitrogens with zero attached hydrogens (tertiary/aromatic N) is 6. The Morgan fingerprint density at radius 3 is 2.61 bits per heavy atom. The fourth-order valence-corrected chi connectivity index (χ4v) is 4.28. The van der Waals surface area contributed by atoms with Gasteiger partial charge >= 0.3 is 5.91 Å². The van der Waals surface area contributed by atoms with Crippen molar-refractivity contribution in [3.8, 4) is 11.3 Å². The highest BCUT2D eigenvalue weighted by molar-refractivity contribution is 6.03. The van der Waals surface area contributed by atoms with Crippen LogP contribution in [-0.2, 0) is 6.42 Å². The average molecular weight is 486 g/mol. The molecule has 1 amide bonds. The largest absolute Gasteiger partial charge is 0.382 e. The van der Waals surface area contributed by atoms with Crippen LogP contribution in [0.5, 0.6) is 0 Å². The van der Waals surface area contributed by atoms with E-state index in [0.717, 1.165) is 43.3 Å². The number of H-pyrrole nitrogens is 1. The summed E-state index contributed by atoms with van der Waals surface area (Å²) in [5.74, 6) is -0.183. The fourth-order valence-electron chi connectivity index (χ4n) is 4.28. The van der Waals surface area contributed by atoms with Crippen molar-refractivity contribution in [1.29, 1.82) is 0 Å². The van der Waals surface area contributed by atoms with Gasteiger partial charge in [0, 0.05) is 54.7 Å². The van der Waals surface area contributed by atoms with E-state index in [2.05, 4.69) is 46.2 Å². The molecule has 1 aliphatic rings. The van der Waals surface area contributed by atoms with Gasteiger partial charge in [0.05, 0.1) is 0 Å². The van der Waals surface area contributed by atoms with Crippen molar-refractivity contribution in [2.24, 2.45) is 16.5 Å². The monoisotopic (exact) mass is 485 g/mol. The summed E-state index contributed by atoms with van der Waals surface area (Å²) >= 11 is 0. The molecular weight excluding hydrogens is 458 g/mol. The number of aromatic nitrogens is 5. The average Bonchev–Trinajstić information content (AvgIpc) is 3.55. The summed E-state index contributed by atoms with van der Waals surface area (Å²) in [6, 6.07) is 8.12. The first kappa shape index (κ1) is 23.0. The SMILES string of the molecule is NC(N)=NC(=O)c1nc(-c2cnc(N3CCCC3)nc2)c(NCCc2c[nH]c3ccccc23)nc1N. The van der Waals surface area contributed by atoms with Crippen LogP contribution in [0.3, 0.4) is 0 Å². The molecule has 0 saturated carbocycles. The highest BCUT2D eigenvalue weighted by Crippen LogP contribution is 2.28. The van der Waals surface area contributed by atoms with Crippen LogP contribution in [0.25, 0.3) is 22.2 Å².